The van der Waals surface area contributed by atoms with Gasteiger partial charge in [0, 0.05) is 36.6 Å². The molecule has 2 aromatic heterocycles. The normalized spacial score (nSPS) is 10.9. The summed E-state index contributed by atoms with van der Waals surface area (Å²) in [6, 6.07) is 11.7. The standard InChI is InChI=1S/C20H24N4O2/c1-4-12-23(17-7-10-21-11-8-17)24-13-9-16-14-18(5-6-19(16)24)26-20(25)22-15(2)3/h5-11,13-15H,4,12H2,1-3H3,(H,22,25). The number of nitrogens with one attached hydrogen (secondary N) is 1. The predicted molar refractivity (Wildman–Crippen MR) is 104 cm³/mol. The molecule has 0 atom stereocenters. The minimum absolute atomic E-state index is 0.0373. The lowest BCUT2D eigenvalue weighted by Crippen LogP contribution is -2.32. The first-order valence-electron chi connectivity index (χ1n) is 8.85. The minimum Gasteiger partial charge on any atom is -0.410 e. The van der Waals surface area contributed by atoms with Crippen molar-refractivity contribution in [1.29, 1.82) is 0 Å². The van der Waals surface area contributed by atoms with Crippen molar-refractivity contribution in [1.82, 2.24) is 15.0 Å². The van der Waals surface area contributed by atoms with Crippen LogP contribution in [-0.4, -0.2) is 28.3 Å². The van der Waals surface area contributed by atoms with E-state index in [0.717, 1.165) is 29.6 Å². The van der Waals surface area contributed by atoms with Crippen LogP contribution in [0.2, 0.25) is 0 Å². The van der Waals surface area contributed by atoms with Crippen LogP contribution in [0.25, 0.3) is 10.9 Å². The molecular formula is C20H24N4O2. The first-order chi connectivity index (χ1) is 12.6. The van der Waals surface area contributed by atoms with Gasteiger partial charge in [-0.15, -0.1) is 0 Å². The Balaban J connectivity index is 1.89. The van der Waals surface area contributed by atoms with Gasteiger partial charge in [0.05, 0.1) is 11.2 Å². The number of anilines is 1. The summed E-state index contributed by atoms with van der Waals surface area (Å²) in [5.41, 5.74) is 2.13. The first-order valence-corrected chi connectivity index (χ1v) is 8.85. The minimum atomic E-state index is -0.442. The SMILES string of the molecule is CCCN(c1ccncc1)n1ccc2cc(OC(=O)NC(C)C)ccc21. The van der Waals surface area contributed by atoms with E-state index in [-0.39, 0.29) is 6.04 Å². The van der Waals surface area contributed by atoms with E-state index >= 15 is 0 Å². The molecule has 6 nitrogen and oxygen atoms in total. The van der Waals surface area contributed by atoms with Crippen molar-refractivity contribution in [2.75, 3.05) is 11.6 Å². The van der Waals surface area contributed by atoms with Crippen LogP contribution in [0.3, 0.4) is 0 Å². The molecule has 1 aromatic carbocycles. The van der Waals surface area contributed by atoms with E-state index in [1.165, 1.54) is 0 Å². The maximum atomic E-state index is 11.8. The molecule has 136 valence electrons. The molecule has 0 aliphatic rings. The van der Waals surface area contributed by atoms with Crippen LogP contribution in [0.15, 0.2) is 55.0 Å². The molecule has 3 rings (SSSR count). The summed E-state index contributed by atoms with van der Waals surface area (Å²) in [4.78, 5) is 15.9. The number of rotatable bonds is 6. The van der Waals surface area contributed by atoms with Gasteiger partial charge in [-0.05, 0) is 56.7 Å². The molecule has 0 aliphatic carbocycles. The maximum absolute atomic E-state index is 11.8. The lowest BCUT2D eigenvalue weighted by molar-refractivity contribution is 0.198. The molecule has 0 saturated carbocycles. The number of carbonyl (C=O) groups excluding carboxylic acids is 1. The van der Waals surface area contributed by atoms with Crippen LogP contribution in [0.4, 0.5) is 10.5 Å². The molecule has 0 unspecified atom stereocenters. The molecule has 6 heteroatoms. The van der Waals surface area contributed by atoms with E-state index < -0.39 is 6.09 Å². The average molecular weight is 352 g/mol. The fraction of sp³-hybridized carbons (Fsp3) is 0.300. The van der Waals surface area contributed by atoms with Crippen molar-refractivity contribution in [3.8, 4) is 5.75 Å². The second kappa shape index (κ2) is 7.91. The van der Waals surface area contributed by atoms with Gasteiger partial charge in [-0.2, -0.15) is 0 Å². The highest BCUT2D eigenvalue weighted by molar-refractivity contribution is 5.83. The molecular weight excluding hydrogens is 328 g/mol. The van der Waals surface area contributed by atoms with Gasteiger partial charge >= 0.3 is 6.09 Å². The highest BCUT2D eigenvalue weighted by atomic mass is 16.6. The average Bonchev–Trinajstić information content (AvgIpc) is 3.02. The van der Waals surface area contributed by atoms with Gasteiger partial charge < -0.3 is 10.1 Å². The van der Waals surface area contributed by atoms with E-state index in [1.807, 2.05) is 56.4 Å². The summed E-state index contributed by atoms with van der Waals surface area (Å²) in [5, 5.41) is 5.93. The zero-order valence-electron chi connectivity index (χ0n) is 15.3. The monoisotopic (exact) mass is 352 g/mol. The summed E-state index contributed by atoms with van der Waals surface area (Å²) in [7, 11) is 0. The quantitative estimate of drug-likeness (QED) is 0.722. The first kappa shape index (κ1) is 17.8. The highest BCUT2D eigenvalue weighted by Gasteiger charge is 2.12. The summed E-state index contributed by atoms with van der Waals surface area (Å²) in [6.45, 7) is 6.82. The van der Waals surface area contributed by atoms with Gasteiger partial charge in [0.1, 0.15) is 5.75 Å². The fourth-order valence-electron chi connectivity index (χ4n) is 2.84. The topological polar surface area (TPSA) is 59.4 Å². The smallest absolute Gasteiger partial charge is 0.410 e. The van der Waals surface area contributed by atoms with Gasteiger partial charge in [0.15, 0.2) is 0 Å². The molecule has 26 heavy (non-hydrogen) atoms. The van der Waals surface area contributed by atoms with E-state index in [4.69, 9.17) is 4.74 Å². The van der Waals surface area contributed by atoms with Crippen LogP contribution in [-0.2, 0) is 0 Å². The summed E-state index contributed by atoms with van der Waals surface area (Å²) < 4.78 is 7.47. The van der Waals surface area contributed by atoms with E-state index in [2.05, 4.69) is 26.9 Å². The second-order valence-corrected chi connectivity index (χ2v) is 6.40. The number of pyridine rings is 1. The van der Waals surface area contributed by atoms with Gasteiger partial charge in [-0.3, -0.25) is 14.7 Å². The van der Waals surface area contributed by atoms with Crippen molar-refractivity contribution >= 4 is 22.7 Å². The largest absolute Gasteiger partial charge is 0.412 e. The fourth-order valence-corrected chi connectivity index (χ4v) is 2.84. The van der Waals surface area contributed by atoms with E-state index in [9.17, 15) is 4.79 Å². The van der Waals surface area contributed by atoms with Gasteiger partial charge in [-0.1, -0.05) is 6.92 Å². The third kappa shape index (κ3) is 3.96. The molecule has 2 heterocycles. The Hall–Kier alpha value is -3.02. The number of benzene rings is 1. The number of carbonyl (C=O) groups is 1. The van der Waals surface area contributed by atoms with E-state index in [1.54, 1.807) is 12.4 Å². The van der Waals surface area contributed by atoms with Gasteiger partial charge in [0.25, 0.3) is 0 Å². The van der Waals surface area contributed by atoms with Crippen molar-refractivity contribution in [2.45, 2.75) is 33.2 Å². The Bertz CT molecular complexity index is 874. The Labute approximate surface area is 153 Å². The third-order valence-electron chi connectivity index (χ3n) is 3.91. The molecule has 1 N–H and O–H groups in total. The molecule has 0 fully saturated rings. The zero-order chi connectivity index (χ0) is 18.5. The number of amides is 1. The van der Waals surface area contributed by atoms with Crippen molar-refractivity contribution in [3.05, 3.63) is 55.0 Å². The van der Waals surface area contributed by atoms with Crippen molar-refractivity contribution < 1.29 is 9.53 Å². The van der Waals surface area contributed by atoms with Crippen LogP contribution in [0.1, 0.15) is 27.2 Å². The number of aromatic nitrogens is 2. The summed E-state index contributed by atoms with van der Waals surface area (Å²) >= 11 is 0. The summed E-state index contributed by atoms with van der Waals surface area (Å²) in [5.74, 6) is 0.527. The molecule has 3 aromatic rings. The Morgan fingerprint density at radius 3 is 2.69 bits per heavy atom. The second-order valence-electron chi connectivity index (χ2n) is 6.40. The zero-order valence-corrected chi connectivity index (χ0v) is 15.3. The molecule has 0 spiro atoms. The predicted octanol–water partition coefficient (Wildman–Crippen LogP) is 4.21. The maximum Gasteiger partial charge on any atom is 0.412 e. The number of nitrogens with zero attached hydrogens (tertiary/aromatic N) is 3. The van der Waals surface area contributed by atoms with Crippen LogP contribution >= 0.6 is 0 Å². The third-order valence-corrected chi connectivity index (χ3v) is 3.91. The van der Waals surface area contributed by atoms with Crippen LogP contribution in [0, 0.1) is 0 Å². The Morgan fingerprint density at radius 1 is 1.23 bits per heavy atom. The number of fused-ring (bicyclic) bond motifs is 1. The van der Waals surface area contributed by atoms with Crippen LogP contribution < -0.4 is 15.1 Å². The number of ether oxygens (including phenoxy) is 1. The van der Waals surface area contributed by atoms with Crippen molar-refractivity contribution in [3.63, 3.8) is 0 Å². The highest BCUT2D eigenvalue weighted by Crippen LogP contribution is 2.25. The Kier molecular flexibility index (Phi) is 5.41. The van der Waals surface area contributed by atoms with Crippen molar-refractivity contribution in [2.24, 2.45) is 0 Å². The van der Waals surface area contributed by atoms with E-state index in [0.29, 0.717) is 5.75 Å². The summed E-state index contributed by atoms with van der Waals surface area (Å²) in [6.07, 6.45) is 6.19. The molecule has 1 amide bonds. The van der Waals surface area contributed by atoms with Gasteiger partial charge in [-0.25, -0.2) is 4.79 Å². The van der Waals surface area contributed by atoms with Gasteiger partial charge in [0.2, 0.25) is 0 Å². The molecule has 0 radical (unpaired) electrons. The van der Waals surface area contributed by atoms with Crippen LogP contribution in [0.5, 0.6) is 5.75 Å². The lowest BCUT2D eigenvalue weighted by atomic mass is 10.2. The molecule has 0 bridgehead atoms. The number of hydrogen-bond acceptors (Lipinski definition) is 4. The lowest BCUT2D eigenvalue weighted by Gasteiger charge is -2.26. The number of hydrogen-bond donors (Lipinski definition) is 1. The molecule has 0 aliphatic heterocycles. The Morgan fingerprint density at radius 2 is 2.00 bits per heavy atom. The molecule has 0 saturated heterocycles.